The van der Waals surface area contributed by atoms with Crippen molar-refractivity contribution in [3.05, 3.63) is 35.8 Å². The summed E-state index contributed by atoms with van der Waals surface area (Å²) in [6, 6.07) is 3.73. The van der Waals surface area contributed by atoms with Gasteiger partial charge in [0.2, 0.25) is 0 Å². The molecule has 2 rings (SSSR count). The van der Waals surface area contributed by atoms with Gasteiger partial charge in [-0.1, -0.05) is 6.07 Å². The van der Waals surface area contributed by atoms with Gasteiger partial charge in [-0.3, -0.25) is 4.72 Å². The largest absolute Gasteiger partial charge is 0.505 e. The average Bonchev–Trinajstić information content (AvgIpc) is 2.79. The maximum atomic E-state index is 12.0. The molecule has 0 spiro atoms. The molecule has 2 aromatic rings. The maximum Gasteiger partial charge on any atom is 0.339 e. The fourth-order valence-electron chi connectivity index (χ4n) is 1.53. The number of para-hydroxylation sites is 1. The first-order chi connectivity index (χ1) is 9.31. The van der Waals surface area contributed by atoms with E-state index in [1.165, 1.54) is 12.1 Å². The minimum atomic E-state index is -3.98. The third kappa shape index (κ3) is 2.57. The van der Waals surface area contributed by atoms with Gasteiger partial charge in [-0.2, -0.15) is 8.42 Å². The van der Waals surface area contributed by atoms with Gasteiger partial charge in [-0.25, -0.2) is 9.78 Å². The van der Waals surface area contributed by atoms with E-state index in [1.54, 1.807) is 6.92 Å². The molecule has 1 aromatic heterocycles. The first kappa shape index (κ1) is 13.9. The Balaban J connectivity index is 2.40. The minimum Gasteiger partial charge on any atom is -0.505 e. The lowest BCUT2D eigenvalue weighted by Crippen LogP contribution is -2.14. The number of aromatic hydroxyl groups is 1. The van der Waals surface area contributed by atoms with Crippen molar-refractivity contribution in [2.24, 2.45) is 0 Å². The predicted octanol–water partition coefficient (Wildman–Crippen LogP) is 0.923. The summed E-state index contributed by atoms with van der Waals surface area (Å²) in [4.78, 5) is 17.2. The van der Waals surface area contributed by atoms with Crippen molar-refractivity contribution >= 4 is 21.7 Å². The van der Waals surface area contributed by atoms with Crippen LogP contribution < -0.4 is 4.72 Å². The van der Waals surface area contributed by atoms with E-state index >= 15 is 0 Å². The first-order valence-electron chi connectivity index (χ1n) is 5.41. The molecular weight excluding hydrogens is 286 g/mol. The summed E-state index contributed by atoms with van der Waals surface area (Å²) in [5, 5.41) is 18.4. The molecule has 8 nitrogen and oxygen atoms in total. The number of anilines is 1. The zero-order valence-corrected chi connectivity index (χ0v) is 11.1. The van der Waals surface area contributed by atoms with E-state index in [1.807, 2.05) is 0 Å². The highest BCUT2D eigenvalue weighted by atomic mass is 32.2. The van der Waals surface area contributed by atoms with Gasteiger partial charge in [0.1, 0.15) is 11.4 Å². The highest BCUT2D eigenvalue weighted by molar-refractivity contribution is 7.92. The molecule has 0 atom stereocenters. The molecule has 0 bridgehead atoms. The van der Waals surface area contributed by atoms with Crippen molar-refractivity contribution in [1.82, 2.24) is 9.97 Å². The second-order valence-corrected chi connectivity index (χ2v) is 5.60. The molecule has 0 fully saturated rings. The normalized spacial score (nSPS) is 11.2. The SMILES string of the molecule is Cc1ncc(S(=O)(=O)Nc2cccc(C(=O)O)c2O)[nH]1. The third-order valence-electron chi connectivity index (χ3n) is 2.48. The molecule has 106 valence electrons. The molecule has 0 aliphatic heterocycles. The molecule has 0 amide bonds. The van der Waals surface area contributed by atoms with E-state index in [2.05, 4.69) is 14.7 Å². The van der Waals surface area contributed by atoms with E-state index in [4.69, 9.17) is 5.11 Å². The van der Waals surface area contributed by atoms with Gasteiger partial charge >= 0.3 is 5.97 Å². The van der Waals surface area contributed by atoms with Crippen LogP contribution >= 0.6 is 0 Å². The van der Waals surface area contributed by atoms with Crippen LogP contribution in [0.3, 0.4) is 0 Å². The van der Waals surface area contributed by atoms with Gasteiger partial charge in [0.15, 0.2) is 10.8 Å². The van der Waals surface area contributed by atoms with Gasteiger partial charge in [-0.15, -0.1) is 0 Å². The van der Waals surface area contributed by atoms with Crippen LogP contribution in [0.2, 0.25) is 0 Å². The number of carbonyl (C=O) groups is 1. The van der Waals surface area contributed by atoms with E-state index < -0.39 is 27.3 Å². The molecule has 0 saturated carbocycles. The molecule has 0 unspecified atom stereocenters. The summed E-state index contributed by atoms with van der Waals surface area (Å²) in [6.07, 6.45) is 1.12. The van der Waals surface area contributed by atoms with E-state index in [9.17, 15) is 18.3 Å². The molecule has 4 N–H and O–H groups in total. The van der Waals surface area contributed by atoms with Crippen molar-refractivity contribution in [2.45, 2.75) is 11.9 Å². The Hall–Kier alpha value is -2.55. The molecule has 0 aliphatic rings. The number of hydrogen-bond donors (Lipinski definition) is 4. The van der Waals surface area contributed by atoms with Crippen molar-refractivity contribution < 1.29 is 23.4 Å². The summed E-state index contributed by atoms with van der Waals surface area (Å²) in [5.74, 6) is -1.60. The van der Waals surface area contributed by atoms with Crippen molar-refractivity contribution in [3.8, 4) is 5.75 Å². The highest BCUT2D eigenvalue weighted by Crippen LogP contribution is 2.29. The van der Waals surface area contributed by atoms with Crippen LogP contribution in [0.5, 0.6) is 5.75 Å². The molecule has 9 heteroatoms. The van der Waals surface area contributed by atoms with Gasteiger partial charge in [0, 0.05) is 0 Å². The number of carboxylic acids is 1. The first-order valence-corrected chi connectivity index (χ1v) is 6.89. The zero-order chi connectivity index (χ0) is 14.9. The average molecular weight is 297 g/mol. The number of nitrogens with one attached hydrogen (secondary N) is 2. The summed E-state index contributed by atoms with van der Waals surface area (Å²) >= 11 is 0. The second kappa shape index (κ2) is 4.85. The lowest BCUT2D eigenvalue weighted by molar-refractivity contribution is 0.0694. The van der Waals surface area contributed by atoms with E-state index in [-0.39, 0.29) is 10.7 Å². The van der Waals surface area contributed by atoms with Crippen LogP contribution in [-0.2, 0) is 10.0 Å². The third-order valence-corrected chi connectivity index (χ3v) is 3.75. The fourth-order valence-corrected chi connectivity index (χ4v) is 2.57. The number of H-pyrrole nitrogens is 1. The molecule has 1 aromatic carbocycles. The fraction of sp³-hybridized carbons (Fsp3) is 0.0909. The standard InChI is InChI=1S/C11H11N3O5S/c1-6-12-5-9(13-6)20(18,19)14-8-4-2-3-7(10(8)15)11(16)17/h2-5,14-15H,1H3,(H,12,13)(H,16,17). The van der Waals surface area contributed by atoms with Gasteiger partial charge in [0.25, 0.3) is 10.0 Å². The summed E-state index contributed by atoms with van der Waals surface area (Å²) in [7, 11) is -3.98. The van der Waals surface area contributed by atoms with Crippen molar-refractivity contribution in [1.29, 1.82) is 0 Å². The number of aromatic carboxylic acids is 1. The Morgan fingerprint density at radius 2 is 2.10 bits per heavy atom. The molecule has 0 aliphatic carbocycles. The second-order valence-electron chi connectivity index (χ2n) is 3.95. The lowest BCUT2D eigenvalue weighted by atomic mass is 10.2. The summed E-state index contributed by atoms with van der Waals surface area (Å²) in [5.41, 5.74) is -0.622. The van der Waals surface area contributed by atoms with Gasteiger partial charge in [-0.05, 0) is 19.1 Å². The number of nitrogens with zero attached hydrogens (tertiary/aromatic N) is 1. The van der Waals surface area contributed by atoms with E-state index in [0.29, 0.717) is 5.82 Å². The van der Waals surface area contributed by atoms with E-state index in [0.717, 1.165) is 12.3 Å². The summed E-state index contributed by atoms with van der Waals surface area (Å²) < 4.78 is 26.1. The Morgan fingerprint density at radius 1 is 1.40 bits per heavy atom. The van der Waals surface area contributed by atoms with Crippen molar-refractivity contribution in [3.63, 3.8) is 0 Å². The summed E-state index contributed by atoms with van der Waals surface area (Å²) in [6.45, 7) is 1.58. The smallest absolute Gasteiger partial charge is 0.339 e. The highest BCUT2D eigenvalue weighted by Gasteiger charge is 2.20. The number of aromatic amines is 1. The number of sulfonamides is 1. The molecule has 0 radical (unpaired) electrons. The Bertz CT molecular complexity index is 766. The number of aryl methyl sites for hydroxylation is 1. The molecule has 20 heavy (non-hydrogen) atoms. The number of carboxylic acid groups (broad SMARTS) is 1. The van der Waals surface area contributed by atoms with Gasteiger partial charge in [0.05, 0.1) is 11.9 Å². The monoisotopic (exact) mass is 297 g/mol. The minimum absolute atomic E-state index is 0.185. The lowest BCUT2D eigenvalue weighted by Gasteiger charge is -2.09. The van der Waals surface area contributed by atoms with Crippen LogP contribution in [0.15, 0.2) is 29.4 Å². The van der Waals surface area contributed by atoms with Crippen LogP contribution in [0.25, 0.3) is 0 Å². The number of benzene rings is 1. The number of hydrogen-bond acceptors (Lipinski definition) is 5. The van der Waals surface area contributed by atoms with Crippen LogP contribution in [0, 0.1) is 6.92 Å². The maximum absolute atomic E-state index is 12.0. The number of imidazole rings is 1. The molecule has 0 saturated heterocycles. The Kier molecular flexibility index (Phi) is 3.36. The zero-order valence-electron chi connectivity index (χ0n) is 10.3. The Morgan fingerprint density at radius 3 is 2.65 bits per heavy atom. The quantitative estimate of drug-likeness (QED) is 0.620. The van der Waals surface area contributed by atoms with Crippen LogP contribution in [0.1, 0.15) is 16.2 Å². The van der Waals surface area contributed by atoms with Gasteiger partial charge < -0.3 is 15.2 Å². The van der Waals surface area contributed by atoms with Crippen molar-refractivity contribution in [2.75, 3.05) is 4.72 Å². The topological polar surface area (TPSA) is 132 Å². The number of phenols is 1. The predicted molar refractivity (Wildman–Crippen MR) is 69.2 cm³/mol. The molecular formula is C11H11N3O5S. The Labute approximate surface area is 114 Å². The number of rotatable bonds is 4. The molecule has 1 heterocycles. The number of aromatic nitrogens is 2. The van der Waals surface area contributed by atoms with Crippen LogP contribution in [0.4, 0.5) is 5.69 Å². The van der Waals surface area contributed by atoms with Crippen LogP contribution in [-0.4, -0.2) is 34.6 Å².